The maximum absolute atomic E-state index is 13.7. The molecule has 38 heavy (non-hydrogen) atoms. The number of nitrogens with zero attached hydrogens (tertiary/aromatic N) is 2. The number of thiophene rings is 1. The van der Waals surface area contributed by atoms with Crippen molar-refractivity contribution in [2.24, 2.45) is 5.92 Å². The van der Waals surface area contributed by atoms with E-state index < -0.39 is 28.8 Å². The van der Waals surface area contributed by atoms with Crippen molar-refractivity contribution in [3.63, 3.8) is 0 Å². The number of fused-ring (bicyclic) bond motifs is 2. The number of carbonyl (C=O) groups is 3. The van der Waals surface area contributed by atoms with Crippen molar-refractivity contribution >= 4 is 63.5 Å². The molecule has 7 nitrogen and oxygen atoms in total. The Labute approximate surface area is 228 Å². The minimum absolute atomic E-state index is 0.218. The second-order valence-electron chi connectivity index (χ2n) is 9.09. The van der Waals surface area contributed by atoms with E-state index in [9.17, 15) is 23.6 Å². The first-order valence-corrected chi connectivity index (χ1v) is 14.3. The summed E-state index contributed by atoms with van der Waals surface area (Å²) in [4.78, 5) is 55.7. The Balaban J connectivity index is 1.38. The molecule has 0 bridgehead atoms. The second kappa shape index (κ2) is 9.64. The summed E-state index contributed by atoms with van der Waals surface area (Å²) in [7, 11) is 0. The minimum atomic E-state index is -0.785. The molecular weight excluding hydrogens is 546 g/mol. The van der Waals surface area contributed by atoms with Crippen LogP contribution < -0.4 is 15.1 Å². The van der Waals surface area contributed by atoms with Crippen LogP contribution in [-0.4, -0.2) is 27.5 Å². The van der Waals surface area contributed by atoms with Crippen LogP contribution in [0.1, 0.15) is 21.2 Å². The number of anilines is 2. The molecule has 192 valence electrons. The number of nitrogens with one attached hydrogen (secondary N) is 1. The number of hydrogen-bond donors (Lipinski definition) is 1. The Kier molecular flexibility index (Phi) is 6.29. The summed E-state index contributed by atoms with van der Waals surface area (Å²) in [5.41, 5.74) is 1.92. The summed E-state index contributed by atoms with van der Waals surface area (Å²) in [6.45, 7) is 1.70. The third-order valence-electron chi connectivity index (χ3n) is 6.59. The second-order valence-corrected chi connectivity index (χ2v) is 12.2. The molecule has 3 atom stereocenters. The SMILES string of the molecule is Cc1cccc(NC(=O)Cn2c3c(sc2=O)C(c2cccs2)C2C(=O)N(c4ccc(F)cc4)C(=O)C2S3)c1. The topological polar surface area (TPSA) is 88.5 Å². The Hall–Kier alpha value is -3.54. The van der Waals surface area contributed by atoms with E-state index >= 15 is 0 Å². The molecule has 2 aromatic heterocycles. The van der Waals surface area contributed by atoms with Gasteiger partial charge < -0.3 is 5.32 Å². The molecule has 2 aromatic carbocycles. The van der Waals surface area contributed by atoms with E-state index in [4.69, 9.17) is 0 Å². The molecule has 0 radical (unpaired) electrons. The van der Waals surface area contributed by atoms with Crippen LogP contribution in [-0.2, 0) is 20.9 Å². The van der Waals surface area contributed by atoms with Crippen LogP contribution in [0.15, 0.2) is 75.9 Å². The monoisotopic (exact) mass is 565 g/mol. The van der Waals surface area contributed by atoms with Crippen molar-refractivity contribution in [3.05, 3.63) is 96.8 Å². The molecule has 0 aliphatic carbocycles. The van der Waals surface area contributed by atoms with Gasteiger partial charge in [0.15, 0.2) is 0 Å². The highest BCUT2D eigenvalue weighted by atomic mass is 32.2. The van der Waals surface area contributed by atoms with E-state index in [2.05, 4.69) is 5.32 Å². The number of thiazole rings is 1. The molecule has 3 unspecified atom stereocenters. The largest absolute Gasteiger partial charge is 0.325 e. The van der Waals surface area contributed by atoms with Gasteiger partial charge in [0.2, 0.25) is 17.7 Å². The fourth-order valence-electron chi connectivity index (χ4n) is 4.94. The van der Waals surface area contributed by atoms with Crippen LogP contribution in [0, 0.1) is 18.7 Å². The number of thioether (sulfide) groups is 1. The molecule has 2 aliphatic rings. The van der Waals surface area contributed by atoms with Gasteiger partial charge in [-0.2, -0.15) is 0 Å². The number of hydrogen-bond acceptors (Lipinski definition) is 7. The summed E-state index contributed by atoms with van der Waals surface area (Å²) in [5, 5.41) is 4.46. The van der Waals surface area contributed by atoms with Crippen LogP contribution in [0.4, 0.5) is 15.8 Å². The number of aryl methyl sites for hydroxylation is 1. The molecule has 2 aliphatic heterocycles. The minimum Gasteiger partial charge on any atom is -0.325 e. The molecule has 11 heteroatoms. The lowest BCUT2D eigenvalue weighted by molar-refractivity contribution is -0.122. The summed E-state index contributed by atoms with van der Waals surface area (Å²) in [6, 6.07) is 16.4. The zero-order chi connectivity index (χ0) is 26.6. The smallest absolute Gasteiger partial charge is 0.308 e. The lowest BCUT2D eigenvalue weighted by Gasteiger charge is -2.29. The first-order chi connectivity index (χ1) is 18.3. The number of aromatic nitrogens is 1. The third kappa shape index (κ3) is 4.20. The normalized spacial score (nSPS) is 20.4. The molecule has 1 N–H and O–H groups in total. The summed E-state index contributed by atoms with van der Waals surface area (Å²) in [6.07, 6.45) is 0. The Bertz CT molecular complexity index is 1630. The molecule has 1 saturated heterocycles. The van der Waals surface area contributed by atoms with Crippen molar-refractivity contribution in [2.75, 3.05) is 10.2 Å². The quantitative estimate of drug-likeness (QED) is 0.350. The maximum atomic E-state index is 13.7. The molecule has 1 fully saturated rings. The first-order valence-electron chi connectivity index (χ1n) is 11.8. The van der Waals surface area contributed by atoms with Gasteiger partial charge in [-0.15, -0.1) is 11.3 Å². The van der Waals surface area contributed by atoms with E-state index in [0.717, 1.165) is 38.4 Å². The number of halogens is 1. The Morgan fingerprint density at radius 3 is 2.53 bits per heavy atom. The predicted molar refractivity (Wildman–Crippen MR) is 147 cm³/mol. The lowest BCUT2D eigenvalue weighted by Crippen LogP contribution is -2.32. The Morgan fingerprint density at radius 1 is 1.03 bits per heavy atom. The fraction of sp³-hybridized carbons (Fsp3) is 0.185. The van der Waals surface area contributed by atoms with Crippen molar-refractivity contribution in [2.45, 2.75) is 29.7 Å². The standard InChI is InChI=1S/C27H20FN3O4S3/c1-14-4-2-5-16(12-14)29-19(32)13-30-26-23(38-27(30)35)20(18-6-3-11-36-18)21-22(37-26)25(34)31(24(21)33)17-9-7-15(28)8-10-17/h2-12,20-22H,13H2,1H3,(H,29,32). The average molecular weight is 566 g/mol. The summed E-state index contributed by atoms with van der Waals surface area (Å²) in [5.74, 6) is -2.86. The van der Waals surface area contributed by atoms with Gasteiger partial charge >= 0.3 is 4.87 Å². The van der Waals surface area contributed by atoms with Crippen LogP contribution >= 0.6 is 34.4 Å². The first kappa shape index (κ1) is 24.8. The molecule has 3 amide bonds. The van der Waals surface area contributed by atoms with Crippen LogP contribution in [0.3, 0.4) is 0 Å². The molecule has 0 saturated carbocycles. The van der Waals surface area contributed by atoms with Gasteiger partial charge in [0, 0.05) is 21.4 Å². The van der Waals surface area contributed by atoms with E-state index in [0.29, 0.717) is 21.3 Å². The van der Waals surface area contributed by atoms with E-state index in [1.807, 2.05) is 42.6 Å². The van der Waals surface area contributed by atoms with Gasteiger partial charge in [0.1, 0.15) is 17.6 Å². The van der Waals surface area contributed by atoms with Crippen LogP contribution in [0.2, 0.25) is 0 Å². The van der Waals surface area contributed by atoms with Crippen LogP contribution in [0.25, 0.3) is 0 Å². The zero-order valence-electron chi connectivity index (χ0n) is 19.9. The van der Waals surface area contributed by atoms with Gasteiger partial charge in [-0.05, 0) is 60.3 Å². The molecule has 4 heterocycles. The highest BCUT2D eigenvalue weighted by Gasteiger charge is 2.57. The third-order valence-corrected chi connectivity index (χ3v) is 10.1. The number of amides is 3. The fourth-order valence-corrected chi connectivity index (χ4v) is 8.66. The molecule has 0 spiro atoms. The number of rotatable bonds is 5. The molecular formula is C27H20FN3O4S3. The maximum Gasteiger partial charge on any atom is 0.308 e. The van der Waals surface area contributed by atoms with Crippen molar-refractivity contribution in [1.82, 2.24) is 4.57 Å². The van der Waals surface area contributed by atoms with Crippen molar-refractivity contribution in [1.29, 1.82) is 0 Å². The van der Waals surface area contributed by atoms with E-state index in [-0.39, 0.29) is 23.2 Å². The number of imide groups is 1. The van der Waals surface area contributed by atoms with Crippen LogP contribution in [0.5, 0.6) is 0 Å². The van der Waals surface area contributed by atoms with Crippen molar-refractivity contribution in [3.8, 4) is 0 Å². The van der Waals surface area contributed by atoms with Gasteiger partial charge in [-0.25, -0.2) is 9.29 Å². The van der Waals surface area contributed by atoms with Gasteiger partial charge in [-0.1, -0.05) is 41.3 Å². The highest BCUT2D eigenvalue weighted by Crippen LogP contribution is 2.54. The lowest BCUT2D eigenvalue weighted by atomic mass is 9.87. The van der Waals surface area contributed by atoms with E-state index in [1.54, 1.807) is 6.07 Å². The van der Waals surface area contributed by atoms with Gasteiger partial charge in [0.25, 0.3) is 0 Å². The zero-order valence-corrected chi connectivity index (χ0v) is 22.4. The molecule has 6 rings (SSSR count). The number of benzene rings is 2. The van der Waals surface area contributed by atoms with E-state index in [1.165, 1.54) is 40.2 Å². The Morgan fingerprint density at radius 2 is 1.82 bits per heavy atom. The van der Waals surface area contributed by atoms with Gasteiger partial charge in [0.05, 0.1) is 16.6 Å². The molecule has 4 aromatic rings. The predicted octanol–water partition coefficient (Wildman–Crippen LogP) is 4.85. The average Bonchev–Trinajstić information content (AvgIpc) is 3.58. The highest BCUT2D eigenvalue weighted by molar-refractivity contribution is 8.00. The van der Waals surface area contributed by atoms with Gasteiger partial charge in [-0.3, -0.25) is 23.7 Å². The summed E-state index contributed by atoms with van der Waals surface area (Å²) < 4.78 is 14.9. The summed E-state index contributed by atoms with van der Waals surface area (Å²) >= 11 is 3.61. The number of carbonyl (C=O) groups excluding carboxylic acids is 3. The van der Waals surface area contributed by atoms with Crippen molar-refractivity contribution < 1.29 is 18.8 Å².